The number of carboxylic acids is 1. The summed E-state index contributed by atoms with van der Waals surface area (Å²) >= 11 is 0.890. The van der Waals surface area contributed by atoms with Crippen molar-refractivity contribution in [3.63, 3.8) is 0 Å². The number of carboxylic acid groups (broad SMARTS) is 1. The van der Waals surface area contributed by atoms with Crippen LogP contribution < -0.4 is 9.47 Å². The third-order valence-corrected chi connectivity index (χ3v) is 3.55. The van der Waals surface area contributed by atoms with Crippen LogP contribution in [0.25, 0.3) is 6.08 Å². The molecule has 0 unspecified atom stereocenters. The number of nitrogens with zero attached hydrogens (tertiary/aromatic N) is 2. The minimum absolute atomic E-state index is 0.0554. The van der Waals surface area contributed by atoms with E-state index in [0.717, 1.165) is 11.8 Å². The largest absolute Gasteiger partial charge is 0.493 e. The van der Waals surface area contributed by atoms with Crippen molar-refractivity contribution in [1.29, 1.82) is 0 Å². The first kappa shape index (κ1) is 16.9. The molecule has 0 radical (unpaired) electrons. The van der Waals surface area contributed by atoms with Crippen LogP contribution in [0.15, 0.2) is 32.7 Å². The number of carbonyl (C=O) groups is 1. The van der Waals surface area contributed by atoms with E-state index in [1.54, 1.807) is 25.1 Å². The molecule has 1 heterocycles. The van der Waals surface area contributed by atoms with Gasteiger partial charge < -0.3 is 19.0 Å². The summed E-state index contributed by atoms with van der Waals surface area (Å²) in [5.74, 6) is 0.423. The Morgan fingerprint density at radius 3 is 2.74 bits per heavy atom. The van der Waals surface area contributed by atoms with Gasteiger partial charge in [-0.2, -0.15) is 0 Å². The first-order chi connectivity index (χ1) is 11.0. The number of aromatic nitrogens is 2. The molecule has 0 spiro atoms. The molecule has 122 valence electrons. The number of aliphatic carboxylic acids is 1. The summed E-state index contributed by atoms with van der Waals surface area (Å²) in [5.41, 5.74) is 0.659. The second-order valence-corrected chi connectivity index (χ2v) is 5.34. The van der Waals surface area contributed by atoms with Crippen LogP contribution in [0, 0.1) is 6.92 Å². The molecule has 23 heavy (non-hydrogen) atoms. The number of ether oxygens (including phenoxy) is 2. The fraction of sp³-hybridized carbons (Fsp3) is 0.267. The lowest BCUT2D eigenvalue weighted by Gasteiger charge is -2.09. The van der Waals surface area contributed by atoms with Gasteiger partial charge in [0.25, 0.3) is 5.22 Å². The van der Waals surface area contributed by atoms with Gasteiger partial charge in [0.15, 0.2) is 11.5 Å². The maximum absolute atomic E-state index is 11.4. The van der Waals surface area contributed by atoms with E-state index in [-0.39, 0.29) is 10.1 Å². The normalized spacial score (nSPS) is 11.3. The molecule has 0 aliphatic heterocycles. The minimum atomic E-state index is -1.08. The second kappa shape index (κ2) is 7.68. The van der Waals surface area contributed by atoms with Crippen molar-refractivity contribution in [2.75, 3.05) is 13.7 Å². The lowest BCUT2D eigenvalue weighted by Crippen LogP contribution is -1.98. The van der Waals surface area contributed by atoms with Crippen LogP contribution in [0.2, 0.25) is 0 Å². The van der Waals surface area contributed by atoms with E-state index >= 15 is 0 Å². The number of hydrogen-bond acceptors (Lipinski definition) is 7. The minimum Gasteiger partial charge on any atom is -0.493 e. The fourth-order valence-electron chi connectivity index (χ4n) is 1.75. The predicted molar refractivity (Wildman–Crippen MR) is 84.7 cm³/mol. The van der Waals surface area contributed by atoms with Crippen LogP contribution in [0.3, 0.4) is 0 Å². The Kier molecular flexibility index (Phi) is 5.64. The van der Waals surface area contributed by atoms with Gasteiger partial charge in [-0.25, -0.2) is 4.79 Å². The summed E-state index contributed by atoms with van der Waals surface area (Å²) in [6.07, 6.45) is 1.50. The zero-order valence-corrected chi connectivity index (χ0v) is 13.7. The quantitative estimate of drug-likeness (QED) is 0.609. The number of methoxy groups -OCH3 is 1. The number of rotatable bonds is 7. The van der Waals surface area contributed by atoms with E-state index < -0.39 is 5.97 Å². The zero-order chi connectivity index (χ0) is 16.8. The topological polar surface area (TPSA) is 94.7 Å². The first-order valence-electron chi connectivity index (χ1n) is 6.77. The van der Waals surface area contributed by atoms with Gasteiger partial charge in [0.2, 0.25) is 5.89 Å². The van der Waals surface area contributed by atoms with Gasteiger partial charge in [0.1, 0.15) is 4.91 Å². The molecule has 0 saturated carbocycles. The summed E-state index contributed by atoms with van der Waals surface area (Å²) in [4.78, 5) is 11.5. The number of thioether (sulfide) groups is 1. The Morgan fingerprint density at radius 2 is 2.17 bits per heavy atom. The molecule has 8 heteroatoms. The van der Waals surface area contributed by atoms with Gasteiger partial charge in [0.05, 0.1) is 13.7 Å². The van der Waals surface area contributed by atoms with E-state index in [4.69, 9.17) is 13.9 Å². The van der Waals surface area contributed by atoms with Gasteiger partial charge >= 0.3 is 5.97 Å². The third kappa shape index (κ3) is 4.49. The van der Waals surface area contributed by atoms with E-state index in [9.17, 15) is 9.90 Å². The van der Waals surface area contributed by atoms with Crippen molar-refractivity contribution in [3.8, 4) is 11.5 Å². The molecule has 7 nitrogen and oxygen atoms in total. The van der Waals surface area contributed by atoms with Crippen molar-refractivity contribution in [1.82, 2.24) is 10.2 Å². The highest BCUT2D eigenvalue weighted by molar-refractivity contribution is 8.03. The van der Waals surface area contributed by atoms with Crippen molar-refractivity contribution >= 4 is 23.8 Å². The van der Waals surface area contributed by atoms with Crippen molar-refractivity contribution < 1.29 is 23.8 Å². The molecule has 0 aliphatic rings. The Hall–Kier alpha value is -2.48. The monoisotopic (exact) mass is 336 g/mol. The summed E-state index contributed by atoms with van der Waals surface area (Å²) in [6, 6.07) is 5.18. The first-order valence-corrected chi connectivity index (χ1v) is 7.59. The van der Waals surface area contributed by atoms with Crippen LogP contribution >= 0.6 is 11.8 Å². The van der Waals surface area contributed by atoms with Crippen LogP contribution in [0.4, 0.5) is 0 Å². The Labute approximate surface area is 137 Å². The lowest BCUT2D eigenvalue weighted by atomic mass is 10.2. The molecule has 0 aliphatic carbocycles. The average Bonchev–Trinajstić information content (AvgIpc) is 2.93. The average molecular weight is 336 g/mol. The highest BCUT2D eigenvalue weighted by Crippen LogP contribution is 2.31. The molecular weight excluding hydrogens is 320 g/mol. The van der Waals surface area contributed by atoms with Crippen LogP contribution in [-0.2, 0) is 4.79 Å². The zero-order valence-electron chi connectivity index (χ0n) is 12.9. The molecule has 0 bridgehead atoms. The van der Waals surface area contributed by atoms with Gasteiger partial charge in [-0.05, 0) is 42.5 Å². The summed E-state index contributed by atoms with van der Waals surface area (Å²) in [5, 5.41) is 17.0. The number of aryl methyl sites for hydroxylation is 1. The van der Waals surface area contributed by atoms with Gasteiger partial charge in [-0.1, -0.05) is 6.07 Å². The molecular formula is C15H16N2O5S. The summed E-state index contributed by atoms with van der Waals surface area (Å²) in [6.45, 7) is 4.02. The molecule has 2 rings (SSSR count). The number of benzene rings is 1. The highest BCUT2D eigenvalue weighted by Gasteiger charge is 2.15. The maximum atomic E-state index is 11.4. The van der Waals surface area contributed by atoms with Crippen molar-refractivity contribution in [3.05, 3.63) is 34.6 Å². The van der Waals surface area contributed by atoms with Crippen molar-refractivity contribution in [2.24, 2.45) is 0 Å². The molecule has 1 aromatic heterocycles. The Bertz CT molecular complexity index is 726. The smallest absolute Gasteiger partial charge is 0.342 e. The maximum Gasteiger partial charge on any atom is 0.342 e. The second-order valence-electron chi connectivity index (χ2n) is 4.35. The molecule has 0 amide bonds. The third-order valence-electron chi connectivity index (χ3n) is 2.70. The summed E-state index contributed by atoms with van der Waals surface area (Å²) in [7, 11) is 1.53. The van der Waals surface area contributed by atoms with Crippen LogP contribution in [-0.4, -0.2) is 35.0 Å². The van der Waals surface area contributed by atoms with Gasteiger partial charge in [0, 0.05) is 6.92 Å². The molecule has 0 atom stereocenters. The van der Waals surface area contributed by atoms with E-state index in [0.29, 0.717) is 29.6 Å². The standard InChI is InChI=1S/C15H16N2O5S/c1-4-21-11-6-5-10(7-12(11)20-3)8-13(14(18)19)23-15-17-16-9(2)22-15/h5-8H,4H2,1-3H3,(H,18,19)/b13-8-. The van der Waals surface area contributed by atoms with Gasteiger partial charge in [-0.3, -0.25) is 0 Å². The van der Waals surface area contributed by atoms with Crippen LogP contribution in [0.1, 0.15) is 18.4 Å². The molecule has 1 N–H and O–H groups in total. The lowest BCUT2D eigenvalue weighted by molar-refractivity contribution is -0.131. The Morgan fingerprint density at radius 1 is 1.39 bits per heavy atom. The molecule has 0 saturated heterocycles. The van der Waals surface area contributed by atoms with Gasteiger partial charge in [-0.15, -0.1) is 10.2 Å². The molecule has 1 aromatic carbocycles. The Balaban J connectivity index is 2.29. The fourth-order valence-corrected chi connectivity index (χ4v) is 2.46. The molecule has 2 aromatic rings. The van der Waals surface area contributed by atoms with E-state index in [2.05, 4.69) is 10.2 Å². The number of hydrogen-bond donors (Lipinski definition) is 1. The predicted octanol–water partition coefficient (Wildman–Crippen LogP) is 3.00. The SMILES string of the molecule is CCOc1ccc(/C=C(\Sc2nnc(C)o2)C(=O)O)cc1OC. The van der Waals surface area contributed by atoms with E-state index in [1.807, 2.05) is 6.92 Å². The van der Waals surface area contributed by atoms with Crippen molar-refractivity contribution in [2.45, 2.75) is 19.1 Å². The van der Waals surface area contributed by atoms with Crippen LogP contribution in [0.5, 0.6) is 11.5 Å². The molecule has 0 fully saturated rings. The summed E-state index contributed by atoms with van der Waals surface area (Å²) < 4.78 is 15.9. The van der Waals surface area contributed by atoms with E-state index in [1.165, 1.54) is 13.2 Å². The highest BCUT2D eigenvalue weighted by atomic mass is 32.2.